The van der Waals surface area contributed by atoms with Gasteiger partial charge in [0.1, 0.15) is 0 Å². The summed E-state index contributed by atoms with van der Waals surface area (Å²) in [5.41, 5.74) is 0. The van der Waals surface area contributed by atoms with E-state index in [2.05, 4.69) is 0 Å². The molecular formula is C19H36NO6+. The Labute approximate surface area is 156 Å². The normalized spacial score (nSPS) is 12.6. The summed E-state index contributed by atoms with van der Waals surface area (Å²) in [7, 11) is 5.66. The van der Waals surface area contributed by atoms with Crippen molar-refractivity contribution >= 4 is 17.9 Å². The van der Waals surface area contributed by atoms with Crippen LogP contribution in [0.4, 0.5) is 0 Å². The lowest BCUT2D eigenvalue weighted by molar-refractivity contribution is -0.917. The van der Waals surface area contributed by atoms with Crippen LogP contribution in [0.15, 0.2) is 0 Å². The molecule has 0 aromatic rings. The molecule has 1 unspecified atom stereocenters. The number of aliphatic carboxylic acids is 2. The van der Waals surface area contributed by atoms with Crippen molar-refractivity contribution in [3.63, 3.8) is 0 Å². The molecule has 7 nitrogen and oxygen atoms in total. The first-order valence-corrected chi connectivity index (χ1v) is 9.57. The van der Waals surface area contributed by atoms with Gasteiger partial charge in [-0.25, -0.2) is 0 Å². The average molecular weight is 374 g/mol. The van der Waals surface area contributed by atoms with Crippen LogP contribution in [0.3, 0.4) is 0 Å². The fraction of sp³-hybridized carbons (Fsp3) is 0.842. The standard InChI is InChI=1S/C19H35NO6/c1-20(2,3)16(14-15-18(23)24)26-19(25)13-11-9-7-5-4-6-8-10-12-17(21)22/h16H,4-15H2,1-3H3,(H-,21,22,23,24)/p+1. The second kappa shape index (κ2) is 13.6. The van der Waals surface area contributed by atoms with E-state index in [-0.39, 0.29) is 18.8 Å². The quantitative estimate of drug-likeness (QED) is 0.186. The molecular weight excluding hydrogens is 338 g/mol. The van der Waals surface area contributed by atoms with E-state index in [4.69, 9.17) is 14.9 Å². The summed E-state index contributed by atoms with van der Waals surface area (Å²) in [6.45, 7) is 0. The largest absolute Gasteiger partial charge is 0.481 e. The molecule has 0 saturated heterocycles. The van der Waals surface area contributed by atoms with Crippen molar-refractivity contribution in [3.8, 4) is 0 Å². The first-order valence-electron chi connectivity index (χ1n) is 9.57. The van der Waals surface area contributed by atoms with E-state index in [9.17, 15) is 14.4 Å². The SMILES string of the molecule is C[N+](C)(C)C(CCC(=O)O)OC(=O)CCCCCCCCCCC(=O)O. The lowest BCUT2D eigenvalue weighted by Gasteiger charge is -2.32. The first-order chi connectivity index (χ1) is 12.1. The molecule has 0 aliphatic rings. The third-order valence-electron chi connectivity index (χ3n) is 4.26. The third-order valence-corrected chi connectivity index (χ3v) is 4.26. The maximum Gasteiger partial charge on any atom is 0.310 e. The van der Waals surface area contributed by atoms with Crippen molar-refractivity contribution in [3.05, 3.63) is 0 Å². The number of nitrogens with zero attached hydrogens (tertiary/aromatic N) is 1. The monoisotopic (exact) mass is 374 g/mol. The Morgan fingerprint density at radius 3 is 1.58 bits per heavy atom. The first kappa shape index (κ1) is 24.4. The number of carbonyl (C=O) groups excluding carboxylic acids is 1. The topological polar surface area (TPSA) is 101 Å². The number of carboxylic acids is 2. The Kier molecular flexibility index (Phi) is 12.7. The summed E-state index contributed by atoms with van der Waals surface area (Å²) in [6.07, 6.45) is 8.24. The lowest BCUT2D eigenvalue weighted by atomic mass is 10.1. The number of ether oxygens (including phenoxy) is 1. The summed E-state index contributed by atoms with van der Waals surface area (Å²) in [5, 5.41) is 17.4. The van der Waals surface area contributed by atoms with Crippen LogP contribution >= 0.6 is 0 Å². The fourth-order valence-corrected chi connectivity index (χ4v) is 2.67. The predicted molar refractivity (Wildman–Crippen MR) is 98.6 cm³/mol. The second-order valence-corrected chi connectivity index (χ2v) is 7.72. The summed E-state index contributed by atoms with van der Waals surface area (Å²) >= 11 is 0. The zero-order chi connectivity index (χ0) is 20.0. The molecule has 2 N–H and O–H groups in total. The summed E-state index contributed by atoms with van der Waals surface area (Å²) in [4.78, 5) is 33.1. The van der Waals surface area contributed by atoms with Gasteiger partial charge in [0.05, 0.1) is 27.6 Å². The number of unbranched alkanes of at least 4 members (excludes halogenated alkanes) is 7. The Bertz CT molecular complexity index is 430. The highest BCUT2D eigenvalue weighted by Crippen LogP contribution is 2.15. The van der Waals surface area contributed by atoms with Crippen LogP contribution < -0.4 is 0 Å². The van der Waals surface area contributed by atoms with Gasteiger partial charge in [-0.2, -0.15) is 0 Å². The van der Waals surface area contributed by atoms with E-state index in [0.29, 0.717) is 17.3 Å². The molecule has 0 saturated carbocycles. The third kappa shape index (κ3) is 14.7. The molecule has 0 radical (unpaired) electrons. The maximum absolute atomic E-state index is 12.0. The lowest BCUT2D eigenvalue weighted by Crippen LogP contribution is -2.47. The second-order valence-electron chi connectivity index (χ2n) is 7.72. The van der Waals surface area contributed by atoms with Gasteiger partial charge in [0.25, 0.3) is 0 Å². The number of hydrogen-bond donors (Lipinski definition) is 2. The minimum Gasteiger partial charge on any atom is -0.481 e. The van der Waals surface area contributed by atoms with Gasteiger partial charge in [0.2, 0.25) is 6.23 Å². The molecule has 0 spiro atoms. The van der Waals surface area contributed by atoms with Crippen molar-refractivity contribution < 1.29 is 33.8 Å². The molecule has 0 aromatic carbocycles. The van der Waals surface area contributed by atoms with E-state index in [1.165, 1.54) is 0 Å². The Balaban J connectivity index is 3.76. The van der Waals surface area contributed by atoms with Gasteiger partial charge in [-0.3, -0.25) is 18.9 Å². The number of hydrogen-bond acceptors (Lipinski definition) is 4. The van der Waals surface area contributed by atoms with Crippen LogP contribution in [0, 0.1) is 0 Å². The van der Waals surface area contributed by atoms with Crippen LogP contribution in [0.2, 0.25) is 0 Å². The molecule has 7 heteroatoms. The number of esters is 1. The maximum atomic E-state index is 12.0. The van der Waals surface area contributed by atoms with Gasteiger partial charge in [-0.15, -0.1) is 0 Å². The van der Waals surface area contributed by atoms with Crippen molar-refractivity contribution in [2.24, 2.45) is 0 Å². The van der Waals surface area contributed by atoms with Crippen LogP contribution in [-0.4, -0.2) is 60.0 Å². The van der Waals surface area contributed by atoms with Gasteiger partial charge in [-0.1, -0.05) is 38.5 Å². The molecule has 0 fully saturated rings. The zero-order valence-corrected chi connectivity index (χ0v) is 16.5. The van der Waals surface area contributed by atoms with Crippen LogP contribution in [0.25, 0.3) is 0 Å². The Morgan fingerprint density at radius 2 is 1.15 bits per heavy atom. The highest BCUT2D eigenvalue weighted by molar-refractivity contribution is 5.69. The minimum atomic E-state index is -0.887. The van der Waals surface area contributed by atoms with E-state index in [1.54, 1.807) is 0 Å². The Hall–Kier alpha value is -1.63. The average Bonchev–Trinajstić information content (AvgIpc) is 2.51. The van der Waals surface area contributed by atoms with Gasteiger partial charge in [-0.05, 0) is 12.8 Å². The highest BCUT2D eigenvalue weighted by atomic mass is 16.6. The molecule has 0 amide bonds. The van der Waals surface area contributed by atoms with Crippen LogP contribution in [0.5, 0.6) is 0 Å². The molecule has 0 aliphatic heterocycles. The molecule has 0 rings (SSSR count). The fourth-order valence-electron chi connectivity index (χ4n) is 2.67. The summed E-state index contributed by atoms with van der Waals surface area (Å²) in [6, 6.07) is 0. The van der Waals surface area contributed by atoms with Crippen molar-refractivity contribution in [1.29, 1.82) is 0 Å². The van der Waals surface area contributed by atoms with Gasteiger partial charge in [0.15, 0.2) is 0 Å². The van der Waals surface area contributed by atoms with Gasteiger partial charge < -0.3 is 14.9 Å². The zero-order valence-electron chi connectivity index (χ0n) is 16.5. The molecule has 0 bridgehead atoms. The van der Waals surface area contributed by atoms with E-state index < -0.39 is 18.2 Å². The van der Waals surface area contributed by atoms with Gasteiger partial charge in [0, 0.05) is 19.3 Å². The van der Waals surface area contributed by atoms with Crippen molar-refractivity contribution in [2.75, 3.05) is 21.1 Å². The number of rotatable bonds is 16. The smallest absolute Gasteiger partial charge is 0.310 e. The molecule has 0 heterocycles. The number of carbonyl (C=O) groups is 3. The molecule has 0 aliphatic carbocycles. The molecule has 152 valence electrons. The van der Waals surface area contributed by atoms with Crippen LogP contribution in [0.1, 0.15) is 77.0 Å². The minimum absolute atomic E-state index is 0.0140. The summed E-state index contributed by atoms with van der Waals surface area (Å²) < 4.78 is 5.87. The predicted octanol–water partition coefficient (Wildman–Crippen LogP) is 3.41. The van der Waals surface area contributed by atoms with Crippen LogP contribution in [-0.2, 0) is 19.1 Å². The summed E-state index contributed by atoms with van der Waals surface area (Å²) in [5.74, 6) is -1.88. The van der Waals surface area contributed by atoms with Crippen molar-refractivity contribution in [2.45, 2.75) is 83.3 Å². The van der Waals surface area contributed by atoms with E-state index >= 15 is 0 Å². The van der Waals surface area contributed by atoms with Crippen molar-refractivity contribution in [1.82, 2.24) is 0 Å². The van der Waals surface area contributed by atoms with Gasteiger partial charge >= 0.3 is 17.9 Å². The number of quaternary nitrogens is 1. The van der Waals surface area contributed by atoms with E-state index in [0.717, 1.165) is 51.4 Å². The highest BCUT2D eigenvalue weighted by Gasteiger charge is 2.28. The molecule has 0 aromatic heterocycles. The Morgan fingerprint density at radius 1 is 0.731 bits per heavy atom. The molecule has 26 heavy (non-hydrogen) atoms. The van der Waals surface area contributed by atoms with E-state index in [1.807, 2.05) is 21.1 Å². The molecule has 1 atom stereocenters. The number of carboxylic acid groups (broad SMARTS) is 2.